The molecule has 0 spiro atoms. The van der Waals surface area contributed by atoms with Gasteiger partial charge in [-0.2, -0.15) is 4.37 Å². The molecule has 1 fully saturated rings. The highest BCUT2D eigenvalue weighted by Gasteiger charge is 2.39. The van der Waals surface area contributed by atoms with E-state index < -0.39 is 23.8 Å². The fourth-order valence-corrected chi connectivity index (χ4v) is 5.43. The molecule has 206 valence electrons. The number of aromatic nitrogens is 1. The van der Waals surface area contributed by atoms with Crippen molar-refractivity contribution in [1.82, 2.24) is 9.69 Å². The molecule has 3 aromatic rings. The summed E-state index contributed by atoms with van der Waals surface area (Å²) < 4.78 is 20.5. The second-order valence-electron chi connectivity index (χ2n) is 9.02. The van der Waals surface area contributed by atoms with Gasteiger partial charge in [0.05, 0.1) is 27.0 Å². The van der Waals surface area contributed by atoms with E-state index in [4.69, 9.17) is 25.7 Å². The number of rotatable bonds is 10. The molecule has 5 N–H and O–H groups in total. The molecule has 1 aliphatic carbocycles. The van der Waals surface area contributed by atoms with Crippen molar-refractivity contribution in [2.45, 2.75) is 37.8 Å². The van der Waals surface area contributed by atoms with Gasteiger partial charge in [0.2, 0.25) is 5.91 Å². The number of carbonyl (C=O) groups excluding carboxylic acids is 3. The Morgan fingerprint density at radius 2 is 1.72 bits per heavy atom. The molecule has 0 radical (unpaired) electrons. The summed E-state index contributed by atoms with van der Waals surface area (Å²) in [5.41, 5.74) is 11.9. The van der Waals surface area contributed by atoms with Crippen molar-refractivity contribution >= 4 is 40.6 Å². The summed E-state index contributed by atoms with van der Waals surface area (Å²) in [6.07, 6.45) is 3.68. The molecule has 0 saturated heterocycles. The second-order valence-corrected chi connectivity index (χ2v) is 9.79. The topological polar surface area (TPSA) is 159 Å². The van der Waals surface area contributed by atoms with Crippen LogP contribution in [0.4, 0.5) is 11.4 Å². The minimum Gasteiger partial charge on any atom is -0.497 e. The summed E-state index contributed by atoms with van der Waals surface area (Å²) in [7, 11) is 4.49. The number of amides is 3. The number of carbonyl (C=O) groups is 3. The zero-order valence-electron chi connectivity index (χ0n) is 21.9. The van der Waals surface area contributed by atoms with Gasteiger partial charge >= 0.3 is 0 Å². The molecule has 0 bridgehead atoms. The van der Waals surface area contributed by atoms with E-state index >= 15 is 0 Å². The van der Waals surface area contributed by atoms with Gasteiger partial charge in [0.1, 0.15) is 28.2 Å². The number of nitrogens with one attached hydrogen (secondary N) is 1. The SMILES string of the molecule is COc1cccc(N(C(=O)c2snc(C(N)=O)c2N)C(C(=O)NC2CCCC2)c2cc(OC)ccc2OC)c1. The van der Waals surface area contributed by atoms with Gasteiger partial charge in [-0.1, -0.05) is 18.9 Å². The van der Waals surface area contributed by atoms with Crippen LogP contribution in [0.1, 0.15) is 57.4 Å². The van der Waals surface area contributed by atoms with E-state index in [1.54, 1.807) is 42.5 Å². The largest absolute Gasteiger partial charge is 0.497 e. The van der Waals surface area contributed by atoms with Crippen LogP contribution in [0.2, 0.25) is 0 Å². The summed E-state index contributed by atoms with van der Waals surface area (Å²) in [6.45, 7) is 0. The van der Waals surface area contributed by atoms with Crippen LogP contribution in [0.25, 0.3) is 0 Å². The van der Waals surface area contributed by atoms with Crippen LogP contribution in [-0.4, -0.2) is 49.5 Å². The lowest BCUT2D eigenvalue weighted by Gasteiger charge is -2.33. The van der Waals surface area contributed by atoms with Gasteiger partial charge < -0.3 is 31.0 Å². The molecule has 12 heteroatoms. The third-order valence-corrected chi connectivity index (χ3v) is 7.50. The lowest BCUT2D eigenvalue weighted by atomic mass is 10.00. The highest BCUT2D eigenvalue weighted by molar-refractivity contribution is 7.09. The predicted octanol–water partition coefficient (Wildman–Crippen LogP) is 3.30. The molecular formula is C27H31N5O6S. The first kappa shape index (κ1) is 27.7. The molecule has 1 unspecified atom stereocenters. The Hall–Kier alpha value is -4.32. The third-order valence-electron chi connectivity index (χ3n) is 6.65. The number of nitrogens with two attached hydrogens (primary N) is 2. The van der Waals surface area contributed by atoms with Crippen LogP contribution >= 0.6 is 11.5 Å². The molecule has 39 heavy (non-hydrogen) atoms. The number of hydrogen-bond acceptors (Lipinski definition) is 9. The number of benzene rings is 2. The molecule has 0 aliphatic heterocycles. The average Bonchev–Trinajstić information content (AvgIpc) is 3.60. The molecule has 11 nitrogen and oxygen atoms in total. The number of primary amides is 1. The van der Waals surface area contributed by atoms with Crippen molar-refractivity contribution in [3.63, 3.8) is 0 Å². The quantitative estimate of drug-likeness (QED) is 0.345. The summed E-state index contributed by atoms with van der Waals surface area (Å²) in [4.78, 5) is 41.5. The Bertz CT molecular complexity index is 1370. The van der Waals surface area contributed by atoms with Crippen LogP contribution in [-0.2, 0) is 4.79 Å². The van der Waals surface area contributed by atoms with Crippen LogP contribution in [0.5, 0.6) is 17.2 Å². The van der Waals surface area contributed by atoms with Gasteiger partial charge in [0.25, 0.3) is 11.8 Å². The molecule has 1 heterocycles. The van der Waals surface area contributed by atoms with Gasteiger partial charge in [0, 0.05) is 23.4 Å². The van der Waals surface area contributed by atoms with Gasteiger partial charge in [-0.05, 0) is 54.7 Å². The van der Waals surface area contributed by atoms with Crippen molar-refractivity contribution in [1.29, 1.82) is 0 Å². The summed E-state index contributed by atoms with van der Waals surface area (Å²) in [5, 5.41) is 3.11. The first-order chi connectivity index (χ1) is 18.8. The number of hydrogen-bond donors (Lipinski definition) is 3. The summed E-state index contributed by atoms with van der Waals surface area (Å²) in [5.74, 6) is -0.618. The standard InChI is InChI=1S/C27H31N5O6S/c1-36-17-10-6-9-16(13-17)32(27(35)24-21(28)22(25(29)33)31-39-24)23(26(34)30-15-7-4-5-8-15)19-14-18(37-2)11-12-20(19)38-3/h6,9-15,23H,4-5,7-8,28H2,1-3H3,(H2,29,33)(H,30,34). The van der Waals surface area contributed by atoms with E-state index in [2.05, 4.69) is 9.69 Å². The fraction of sp³-hybridized carbons (Fsp3) is 0.333. The number of ether oxygens (including phenoxy) is 3. The smallest absolute Gasteiger partial charge is 0.273 e. The van der Waals surface area contributed by atoms with E-state index in [1.165, 1.54) is 26.2 Å². The van der Waals surface area contributed by atoms with E-state index in [1.807, 2.05) is 0 Å². The van der Waals surface area contributed by atoms with Gasteiger partial charge in [-0.3, -0.25) is 19.3 Å². The van der Waals surface area contributed by atoms with Crippen molar-refractivity contribution in [3.05, 3.63) is 58.6 Å². The van der Waals surface area contributed by atoms with E-state index in [0.29, 0.717) is 28.5 Å². The van der Waals surface area contributed by atoms with Crippen LogP contribution < -0.4 is 35.9 Å². The number of nitrogens with zero attached hydrogens (tertiary/aromatic N) is 2. The third kappa shape index (κ3) is 5.75. The molecule has 1 aliphatic rings. The lowest BCUT2D eigenvalue weighted by molar-refractivity contribution is -0.123. The van der Waals surface area contributed by atoms with Crippen LogP contribution in [0.15, 0.2) is 42.5 Å². The average molecular weight is 554 g/mol. The second kappa shape index (κ2) is 12.0. The Kier molecular flexibility index (Phi) is 8.55. The molecule has 1 saturated carbocycles. The Morgan fingerprint density at radius 3 is 2.33 bits per heavy atom. The van der Waals surface area contributed by atoms with Crippen molar-refractivity contribution in [3.8, 4) is 17.2 Å². The predicted molar refractivity (Wildman–Crippen MR) is 148 cm³/mol. The molecule has 2 aromatic carbocycles. The highest BCUT2D eigenvalue weighted by atomic mass is 32.1. The first-order valence-corrected chi connectivity index (χ1v) is 13.1. The van der Waals surface area contributed by atoms with Crippen molar-refractivity contribution in [2.24, 2.45) is 5.73 Å². The Balaban J connectivity index is 1.94. The lowest BCUT2D eigenvalue weighted by Crippen LogP contribution is -2.46. The van der Waals surface area contributed by atoms with Crippen molar-refractivity contribution in [2.75, 3.05) is 32.0 Å². The monoisotopic (exact) mass is 553 g/mol. The van der Waals surface area contributed by atoms with E-state index in [-0.39, 0.29) is 22.3 Å². The van der Waals surface area contributed by atoms with Gasteiger partial charge in [-0.15, -0.1) is 0 Å². The van der Waals surface area contributed by atoms with Gasteiger partial charge in [-0.25, -0.2) is 0 Å². The fourth-order valence-electron chi connectivity index (χ4n) is 4.68. The normalized spacial score (nSPS) is 13.9. The molecule has 3 amide bonds. The van der Waals surface area contributed by atoms with E-state index in [9.17, 15) is 14.4 Å². The van der Waals surface area contributed by atoms with Crippen LogP contribution in [0.3, 0.4) is 0 Å². The van der Waals surface area contributed by atoms with Crippen molar-refractivity contribution < 1.29 is 28.6 Å². The number of anilines is 2. The highest BCUT2D eigenvalue weighted by Crippen LogP contribution is 2.39. The van der Waals surface area contributed by atoms with Crippen LogP contribution in [0, 0.1) is 0 Å². The Labute approximate surface area is 230 Å². The maximum absolute atomic E-state index is 14.3. The number of methoxy groups -OCH3 is 3. The molecule has 1 atom stereocenters. The minimum absolute atomic E-state index is 0.0335. The maximum atomic E-state index is 14.3. The zero-order chi connectivity index (χ0) is 28.1. The van der Waals surface area contributed by atoms with Gasteiger partial charge in [0.15, 0.2) is 5.69 Å². The maximum Gasteiger partial charge on any atom is 0.273 e. The molecular weight excluding hydrogens is 522 g/mol. The molecule has 4 rings (SSSR count). The van der Waals surface area contributed by atoms with E-state index in [0.717, 1.165) is 37.2 Å². The number of nitrogen functional groups attached to an aromatic ring is 1. The minimum atomic E-state index is -1.21. The summed E-state index contributed by atoms with van der Waals surface area (Å²) in [6, 6.07) is 10.5. The molecule has 1 aromatic heterocycles. The first-order valence-electron chi connectivity index (χ1n) is 12.3. The zero-order valence-corrected chi connectivity index (χ0v) is 22.7. The Morgan fingerprint density at radius 1 is 1.03 bits per heavy atom. The summed E-state index contributed by atoms with van der Waals surface area (Å²) >= 11 is 0.734.